The molecule has 0 unspecified atom stereocenters. The van der Waals surface area contributed by atoms with E-state index < -0.39 is 17.5 Å². The van der Waals surface area contributed by atoms with Crippen molar-refractivity contribution in [3.8, 4) is 5.75 Å². The van der Waals surface area contributed by atoms with Crippen LogP contribution in [0.4, 0.5) is 13.9 Å². The van der Waals surface area contributed by atoms with E-state index in [1.165, 1.54) is 22.3 Å². The maximum absolute atomic E-state index is 13.7. The molecule has 4 aromatic rings. The number of hydrogen-bond acceptors (Lipinski definition) is 5. The molecule has 1 amide bonds. The summed E-state index contributed by atoms with van der Waals surface area (Å²) in [7, 11) is 0. The molecule has 2 aromatic heterocycles. The average Bonchev–Trinajstić information content (AvgIpc) is 3.17. The Morgan fingerprint density at radius 3 is 2.70 bits per heavy atom. The van der Waals surface area contributed by atoms with E-state index in [0.29, 0.717) is 28.7 Å². The molecule has 0 aliphatic carbocycles. The molecular weight excluding hydrogens is 408 g/mol. The first-order valence-electron chi connectivity index (χ1n) is 9.25. The number of hydrogen-bond donors (Lipinski definition) is 0. The summed E-state index contributed by atoms with van der Waals surface area (Å²) in [4.78, 5) is 23.5. The minimum absolute atomic E-state index is 0.0269. The highest BCUT2D eigenvalue weighted by atomic mass is 32.1. The molecule has 0 spiro atoms. The molecule has 0 radical (unpaired) electrons. The highest BCUT2D eigenvalue weighted by Gasteiger charge is 2.23. The Hall–Kier alpha value is -3.39. The van der Waals surface area contributed by atoms with Gasteiger partial charge in [0, 0.05) is 11.8 Å². The van der Waals surface area contributed by atoms with Gasteiger partial charge >= 0.3 is 0 Å². The van der Waals surface area contributed by atoms with Crippen LogP contribution in [0, 0.1) is 11.6 Å². The Labute approximate surface area is 175 Å². The highest BCUT2D eigenvalue weighted by Crippen LogP contribution is 2.33. The minimum atomic E-state index is -1.08. The van der Waals surface area contributed by atoms with E-state index in [2.05, 4.69) is 9.97 Å². The number of ether oxygens (including phenoxy) is 1. The number of carbonyl (C=O) groups is 1. The van der Waals surface area contributed by atoms with Crippen molar-refractivity contribution in [1.82, 2.24) is 9.97 Å². The molecule has 0 N–H and O–H groups in total. The number of amides is 1. The largest absolute Gasteiger partial charge is 0.494 e. The van der Waals surface area contributed by atoms with Gasteiger partial charge in [0.15, 0.2) is 16.8 Å². The van der Waals surface area contributed by atoms with Crippen molar-refractivity contribution in [2.45, 2.75) is 13.5 Å². The zero-order valence-electron chi connectivity index (χ0n) is 16.0. The summed E-state index contributed by atoms with van der Waals surface area (Å²) >= 11 is 1.31. The molecule has 8 heteroatoms. The molecule has 5 nitrogen and oxygen atoms in total. The number of thiazole rings is 1. The average molecular weight is 425 g/mol. The molecule has 0 aliphatic heterocycles. The fraction of sp³-hybridized carbons (Fsp3) is 0.136. The van der Waals surface area contributed by atoms with Crippen molar-refractivity contribution in [3.63, 3.8) is 0 Å². The molecule has 0 saturated carbocycles. The van der Waals surface area contributed by atoms with Crippen LogP contribution in [0.3, 0.4) is 0 Å². The first-order valence-corrected chi connectivity index (χ1v) is 10.1. The number of carbonyl (C=O) groups excluding carboxylic acids is 1. The van der Waals surface area contributed by atoms with Crippen LogP contribution in [-0.2, 0) is 6.54 Å². The monoisotopic (exact) mass is 425 g/mol. The van der Waals surface area contributed by atoms with E-state index in [9.17, 15) is 13.6 Å². The van der Waals surface area contributed by atoms with Gasteiger partial charge in [0.25, 0.3) is 5.91 Å². The zero-order valence-corrected chi connectivity index (χ0v) is 16.8. The van der Waals surface area contributed by atoms with Gasteiger partial charge in [0.1, 0.15) is 5.75 Å². The molecule has 152 valence electrons. The summed E-state index contributed by atoms with van der Waals surface area (Å²) in [6.45, 7) is 2.58. The van der Waals surface area contributed by atoms with Crippen molar-refractivity contribution < 1.29 is 18.3 Å². The summed E-state index contributed by atoms with van der Waals surface area (Å²) in [5, 5.41) is 0.430. The van der Waals surface area contributed by atoms with Gasteiger partial charge in [-0.3, -0.25) is 14.7 Å². The van der Waals surface area contributed by atoms with Crippen molar-refractivity contribution >= 4 is 32.6 Å². The molecule has 30 heavy (non-hydrogen) atoms. The molecule has 0 atom stereocenters. The fourth-order valence-electron chi connectivity index (χ4n) is 2.93. The number of fused-ring (bicyclic) bond motifs is 1. The third-order valence-corrected chi connectivity index (χ3v) is 5.39. The Kier molecular flexibility index (Phi) is 5.67. The normalized spacial score (nSPS) is 10.9. The first-order chi connectivity index (χ1) is 14.5. The fourth-order valence-corrected chi connectivity index (χ4v) is 3.92. The summed E-state index contributed by atoms with van der Waals surface area (Å²) in [5.41, 5.74) is 1.38. The smallest absolute Gasteiger partial charge is 0.260 e. The molecular formula is C22H17F2N3O2S. The second-order valence-corrected chi connectivity index (χ2v) is 7.41. The zero-order chi connectivity index (χ0) is 21.1. The van der Waals surface area contributed by atoms with E-state index in [1.54, 1.807) is 18.3 Å². The predicted octanol–water partition coefficient (Wildman–Crippen LogP) is 5.22. The number of rotatable bonds is 6. The second kappa shape index (κ2) is 8.54. The third kappa shape index (κ3) is 4.13. The Balaban J connectivity index is 1.75. The molecule has 2 heterocycles. The molecule has 0 bridgehead atoms. The van der Waals surface area contributed by atoms with Crippen LogP contribution in [0.15, 0.2) is 60.8 Å². The van der Waals surface area contributed by atoms with Crippen LogP contribution in [0.2, 0.25) is 0 Å². The van der Waals surface area contributed by atoms with Crippen LogP contribution in [0.1, 0.15) is 23.0 Å². The van der Waals surface area contributed by atoms with Gasteiger partial charge in [-0.05, 0) is 55.5 Å². The van der Waals surface area contributed by atoms with Crippen molar-refractivity contribution in [1.29, 1.82) is 0 Å². The lowest BCUT2D eigenvalue weighted by atomic mass is 10.2. The second-order valence-electron chi connectivity index (χ2n) is 6.40. The van der Waals surface area contributed by atoms with Crippen LogP contribution >= 0.6 is 11.3 Å². The maximum atomic E-state index is 13.7. The van der Waals surface area contributed by atoms with Gasteiger partial charge in [-0.2, -0.15) is 0 Å². The van der Waals surface area contributed by atoms with Crippen molar-refractivity contribution in [2.24, 2.45) is 0 Å². The number of pyridine rings is 1. The van der Waals surface area contributed by atoms with Crippen molar-refractivity contribution in [3.05, 3.63) is 83.7 Å². The molecule has 0 saturated heterocycles. The van der Waals surface area contributed by atoms with E-state index in [1.807, 2.05) is 31.2 Å². The molecule has 0 fully saturated rings. The van der Waals surface area contributed by atoms with Crippen LogP contribution in [0.25, 0.3) is 10.2 Å². The van der Waals surface area contributed by atoms with E-state index in [4.69, 9.17) is 4.74 Å². The van der Waals surface area contributed by atoms with E-state index in [0.717, 1.165) is 16.8 Å². The van der Waals surface area contributed by atoms with Gasteiger partial charge < -0.3 is 4.74 Å². The van der Waals surface area contributed by atoms with Gasteiger partial charge in [-0.15, -0.1) is 0 Å². The predicted molar refractivity (Wildman–Crippen MR) is 112 cm³/mol. The lowest BCUT2D eigenvalue weighted by Gasteiger charge is -2.19. The molecule has 2 aromatic carbocycles. The lowest BCUT2D eigenvalue weighted by molar-refractivity contribution is 0.0984. The first kappa shape index (κ1) is 19.9. The Morgan fingerprint density at radius 1 is 1.10 bits per heavy atom. The number of halogens is 2. The topological polar surface area (TPSA) is 55.3 Å². The molecule has 0 aliphatic rings. The standard InChI is InChI=1S/C22H17F2N3O2S/c1-2-29-16-7-9-19-20(12-16)30-22(26-19)27(13-15-5-3-4-10-25-15)21(28)14-6-8-17(23)18(24)11-14/h3-12H,2,13H2,1H3. The van der Waals surface area contributed by atoms with E-state index >= 15 is 0 Å². The lowest BCUT2D eigenvalue weighted by Crippen LogP contribution is -2.30. The molecule has 4 rings (SSSR count). The van der Waals surface area contributed by atoms with Gasteiger partial charge in [-0.25, -0.2) is 13.8 Å². The summed E-state index contributed by atoms with van der Waals surface area (Å²) in [6, 6.07) is 14.0. The summed E-state index contributed by atoms with van der Waals surface area (Å²) in [6.07, 6.45) is 1.63. The highest BCUT2D eigenvalue weighted by molar-refractivity contribution is 7.22. The number of anilines is 1. The van der Waals surface area contributed by atoms with Gasteiger partial charge in [-0.1, -0.05) is 17.4 Å². The van der Waals surface area contributed by atoms with Crippen LogP contribution in [-0.4, -0.2) is 22.5 Å². The van der Waals surface area contributed by atoms with Gasteiger partial charge in [0.2, 0.25) is 0 Å². The van der Waals surface area contributed by atoms with Crippen LogP contribution < -0.4 is 9.64 Å². The Morgan fingerprint density at radius 2 is 1.97 bits per heavy atom. The van der Waals surface area contributed by atoms with Crippen LogP contribution in [0.5, 0.6) is 5.75 Å². The quantitative estimate of drug-likeness (QED) is 0.425. The van der Waals surface area contributed by atoms with E-state index in [-0.39, 0.29) is 12.1 Å². The maximum Gasteiger partial charge on any atom is 0.260 e. The summed E-state index contributed by atoms with van der Waals surface area (Å²) in [5.74, 6) is -1.87. The SMILES string of the molecule is CCOc1ccc2nc(N(Cc3ccccn3)C(=O)c3ccc(F)c(F)c3)sc2c1. The minimum Gasteiger partial charge on any atom is -0.494 e. The van der Waals surface area contributed by atoms with Gasteiger partial charge in [0.05, 0.1) is 29.1 Å². The number of benzene rings is 2. The van der Waals surface area contributed by atoms with Crippen molar-refractivity contribution in [2.75, 3.05) is 11.5 Å². The Bertz CT molecular complexity index is 1200. The number of nitrogens with zero attached hydrogens (tertiary/aromatic N) is 3. The number of aromatic nitrogens is 2. The third-order valence-electron chi connectivity index (χ3n) is 4.35. The summed E-state index contributed by atoms with van der Waals surface area (Å²) < 4.78 is 33.5.